The van der Waals surface area contributed by atoms with E-state index in [0.29, 0.717) is 12.8 Å². The summed E-state index contributed by atoms with van der Waals surface area (Å²) in [5.41, 5.74) is 5.51. The summed E-state index contributed by atoms with van der Waals surface area (Å²) < 4.78 is 1.79. The van der Waals surface area contributed by atoms with Gasteiger partial charge in [-0.3, -0.25) is 4.79 Å². The zero-order valence-corrected chi connectivity index (χ0v) is 10.9. The monoisotopic (exact) mass is 239 g/mol. The van der Waals surface area contributed by atoms with Gasteiger partial charge in [-0.15, -0.1) is 10.2 Å². The maximum absolute atomic E-state index is 11.7. The van der Waals surface area contributed by atoms with E-state index in [4.69, 9.17) is 5.73 Å². The number of rotatable bonds is 5. The number of aromatic nitrogens is 3. The van der Waals surface area contributed by atoms with E-state index in [9.17, 15) is 4.79 Å². The van der Waals surface area contributed by atoms with E-state index >= 15 is 0 Å². The summed E-state index contributed by atoms with van der Waals surface area (Å²) in [7, 11) is 1.85. The summed E-state index contributed by atoms with van der Waals surface area (Å²) >= 11 is 0. The van der Waals surface area contributed by atoms with Gasteiger partial charge in [-0.25, -0.2) is 0 Å². The number of aryl methyl sites for hydroxylation is 1. The Kier molecular flexibility index (Phi) is 4.22. The van der Waals surface area contributed by atoms with Gasteiger partial charge in [0.05, 0.1) is 6.04 Å². The summed E-state index contributed by atoms with van der Waals surface area (Å²) in [6.45, 7) is 5.70. The summed E-state index contributed by atoms with van der Waals surface area (Å²) in [5.74, 6) is 0.726. The van der Waals surface area contributed by atoms with Crippen LogP contribution in [0.4, 0.5) is 0 Å². The number of nitrogens with zero attached hydrogens (tertiary/aromatic N) is 3. The normalized spacial score (nSPS) is 13.5. The van der Waals surface area contributed by atoms with Crippen LogP contribution in [-0.4, -0.2) is 26.2 Å². The highest BCUT2D eigenvalue weighted by Crippen LogP contribution is 2.10. The van der Waals surface area contributed by atoms with Gasteiger partial charge in [0.25, 0.3) is 0 Å². The molecule has 0 fully saturated rings. The lowest BCUT2D eigenvalue weighted by molar-refractivity contribution is -0.122. The third kappa shape index (κ3) is 4.52. The van der Waals surface area contributed by atoms with Gasteiger partial charge in [-0.1, -0.05) is 0 Å². The molecule has 3 N–H and O–H groups in total. The molecule has 0 aliphatic heterocycles. The highest BCUT2D eigenvalue weighted by molar-refractivity contribution is 5.76. The van der Waals surface area contributed by atoms with Crippen LogP contribution in [0, 0.1) is 0 Å². The minimum atomic E-state index is -0.314. The molecule has 0 aliphatic rings. The Labute approximate surface area is 102 Å². The predicted octanol–water partition coefficient (Wildman–Crippen LogP) is 0.510. The fraction of sp³-hybridized carbons (Fsp3) is 0.727. The van der Waals surface area contributed by atoms with Crippen molar-refractivity contribution < 1.29 is 4.79 Å². The average molecular weight is 239 g/mol. The molecule has 6 heteroatoms. The molecule has 0 saturated carbocycles. The van der Waals surface area contributed by atoms with Gasteiger partial charge < -0.3 is 15.6 Å². The van der Waals surface area contributed by atoms with E-state index in [2.05, 4.69) is 15.5 Å². The lowest BCUT2D eigenvalue weighted by atomic mass is 10.00. The van der Waals surface area contributed by atoms with Gasteiger partial charge in [0.2, 0.25) is 5.91 Å². The first-order valence-electron chi connectivity index (χ1n) is 5.72. The van der Waals surface area contributed by atoms with Crippen molar-refractivity contribution >= 4 is 5.91 Å². The van der Waals surface area contributed by atoms with E-state index in [1.807, 2.05) is 27.8 Å². The van der Waals surface area contributed by atoms with E-state index in [0.717, 1.165) is 5.82 Å². The molecule has 0 spiro atoms. The second-order valence-corrected chi connectivity index (χ2v) is 5.08. The van der Waals surface area contributed by atoms with Crippen LogP contribution < -0.4 is 11.1 Å². The molecule has 1 heterocycles. The molecule has 0 aliphatic carbocycles. The second-order valence-electron chi connectivity index (χ2n) is 5.08. The molecule has 0 aromatic carbocycles. The smallest absolute Gasteiger partial charge is 0.220 e. The number of nitrogens with two attached hydrogens (primary N) is 1. The van der Waals surface area contributed by atoms with E-state index in [1.54, 1.807) is 10.9 Å². The molecule has 1 aromatic rings. The summed E-state index contributed by atoms with van der Waals surface area (Å²) in [6.07, 6.45) is 2.69. The van der Waals surface area contributed by atoms with Gasteiger partial charge in [0, 0.05) is 19.0 Å². The minimum absolute atomic E-state index is 0.0148. The fourth-order valence-corrected chi connectivity index (χ4v) is 1.50. The number of hydrogen-bond acceptors (Lipinski definition) is 4. The standard InChI is InChI=1S/C11H21N5O/c1-8(10-15-13-7-16(10)4)14-9(17)5-6-11(2,3)12/h7-8H,5-6,12H2,1-4H3,(H,14,17). The molecule has 1 unspecified atom stereocenters. The molecular formula is C11H21N5O. The Hall–Kier alpha value is -1.43. The first kappa shape index (κ1) is 13.6. The molecule has 1 atom stereocenters. The molecule has 0 radical (unpaired) electrons. The number of hydrogen-bond donors (Lipinski definition) is 2. The number of carbonyl (C=O) groups is 1. The van der Waals surface area contributed by atoms with Gasteiger partial charge in [-0.2, -0.15) is 0 Å². The highest BCUT2D eigenvalue weighted by atomic mass is 16.1. The van der Waals surface area contributed by atoms with Crippen molar-refractivity contribution in [2.24, 2.45) is 12.8 Å². The maximum Gasteiger partial charge on any atom is 0.220 e. The van der Waals surface area contributed by atoms with Crippen LogP contribution in [0.5, 0.6) is 0 Å². The van der Waals surface area contributed by atoms with Gasteiger partial charge in [-0.05, 0) is 27.2 Å². The second kappa shape index (κ2) is 5.27. The van der Waals surface area contributed by atoms with Crippen molar-refractivity contribution in [3.05, 3.63) is 12.2 Å². The molecule has 1 rings (SSSR count). The van der Waals surface area contributed by atoms with Crippen molar-refractivity contribution in [2.45, 2.75) is 45.2 Å². The quantitative estimate of drug-likeness (QED) is 0.784. The first-order valence-corrected chi connectivity index (χ1v) is 5.72. The van der Waals surface area contributed by atoms with Crippen molar-refractivity contribution in [1.82, 2.24) is 20.1 Å². The molecule has 1 aromatic heterocycles. The molecule has 96 valence electrons. The van der Waals surface area contributed by atoms with Crippen LogP contribution in [0.15, 0.2) is 6.33 Å². The largest absolute Gasteiger partial charge is 0.346 e. The topological polar surface area (TPSA) is 85.8 Å². The zero-order chi connectivity index (χ0) is 13.1. The third-order valence-electron chi connectivity index (χ3n) is 2.51. The Balaban J connectivity index is 2.44. The lowest BCUT2D eigenvalue weighted by Gasteiger charge is -2.19. The van der Waals surface area contributed by atoms with Crippen LogP contribution in [0.3, 0.4) is 0 Å². The maximum atomic E-state index is 11.7. The third-order valence-corrected chi connectivity index (χ3v) is 2.51. The van der Waals surface area contributed by atoms with E-state index in [-0.39, 0.29) is 17.5 Å². The molecule has 6 nitrogen and oxygen atoms in total. The summed E-state index contributed by atoms with van der Waals surface area (Å²) in [5, 5.41) is 10.6. The van der Waals surface area contributed by atoms with Crippen molar-refractivity contribution in [1.29, 1.82) is 0 Å². The van der Waals surface area contributed by atoms with Crippen molar-refractivity contribution in [3.8, 4) is 0 Å². The minimum Gasteiger partial charge on any atom is -0.346 e. The summed E-state index contributed by atoms with van der Waals surface area (Å²) in [6, 6.07) is -0.143. The average Bonchev–Trinajstić information content (AvgIpc) is 2.60. The Bertz CT molecular complexity index is 379. The Morgan fingerprint density at radius 2 is 2.29 bits per heavy atom. The van der Waals surface area contributed by atoms with Crippen molar-refractivity contribution in [2.75, 3.05) is 0 Å². The first-order chi connectivity index (χ1) is 7.79. The summed E-state index contributed by atoms with van der Waals surface area (Å²) in [4.78, 5) is 11.7. The number of amides is 1. The number of carbonyl (C=O) groups excluding carboxylic acids is 1. The van der Waals surface area contributed by atoms with Gasteiger partial charge >= 0.3 is 0 Å². The lowest BCUT2D eigenvalue weighted by Crippen LogP contribution is -2.35. The molecule has 0 bridgehead atoms. The zero-order valence-electron chi connectivity index (χ0n) is 10.9. The van der Waals surface area contributed by atoms with Crippen LogP contribution in [0.25, 0.3) is 0 Å². The van der Waals surface area contributed by atoms with Gasteiger partial charge in [0.15, 0.2) is 5.82 Å². The Morgan fingerprint density at radius 1 is 1.65 bits per heavy atom. The Morgan fingerprint density at radius 3 is 2.76 bits per heavy atom. The van der Waals surface area contributed by atoms with Gasteiger partial charge in [0.1, 0.15) is 6.33 Å². The highest BCUT2D eigenvalue weighted by Gasteiger charge is 2.17. The predicted molar refractivity (Wildman–Crippen MR) is 65.1 cm³/mol. The van der Waals surface area contributed by atoms with Crippen LogP contribution in [0.2, 0.25) is 0 Å². The molecule has 17 heavy (non-hydrogen) atoms. The fourth-order valence-electron chi connectivity index (χ4n) is 1.50. The molecular weight excluding hydrogens is 218 g/mol. The molecule has 1 amide bonds. The molecule has 0 saturated heterocycles. The number of nitrogens with one attached hydrogen (secondary N) is 1. The van der Waals surface area contributed by atoms with Crippen molar-refractivity contribution in [3.63, 3.8) is 0 Å². The SMILES string of the molecule is CC(NC(=O)CCC(C)(C)N)c1nncn1C. The van der Waals surface area contributed by atoms with E-state index < -0.39 is 0 Å². The van der Waals surface area contributed by atoms with Crippen LogP contribution >= 0.6 is 0 Å². The van der Waals surface area contributed by atoms with Crippen LogP contribution in [0.1, 0.15) is 45.5 Å². The van der Waals surface area contributed by atoms with Crippen LogP contribution in [-0.2, 0) is 11.8 Å². The van der Waals surface area contributed by atoms with E-state index in [1.165, 1.54) is 0 Å².